The molecule has 0 aromatic heterocycles. The first-order valence-corrected chi connectivity index (χ1v) is 11.5. The average molecular weight is 429 g/mol. The SMILES string of the molecule is O=S(=O)(N[C@H]1c2cccc3cccc(c23)[C@H]1N1CCOCC1)c1ccc(Cl)cc1. The minimum atomic E-state index is -3.71. The summed E-state index contributed by atoms with van der Waals surface area (Å²) in [6.07, 6.45) is 0. The van der Waals surface area contributed by atoms with Gasteiger partial charge in [0.25, 0.3) is 0 Å². The van der Waals surface area contributed by atoms with Gasteiger partial charge in [-0.15, -0.1) is 0 Å². The Morgan fingerprint density at radius 3 is 2.28 bits per heavy atom. The number of nitrogens with one attached hydrogen (secondary N) is 1. The number of sulfonamides is 1. The van der Waals surface area contributed by atoms with Gasteiger partial charge in [-0.05, 0) is 46.2 Å². The Morgan fingerprint density at radius 1 is 0.931 bits per heavy atom. The lowest BCUT2D eigenvalue weighted by atomic mass is 10.0. The van der Waals surface area contributed by atoms with Crippen LogP contribution in [0.1, 0.15) is 23.2 Å². The minimum absolute atomic E-state index is 0.0675. The molecule has 0 radical (unpaired) electrons. The van der Waals surface area contributed by atoms with E-state index in [1.54, 1.807) is 12.1 Å². The predicted octanol–water partition coefficient (Wildman–Crippen LogP) is 3.90. The van der Waals surface area contributed by atoms with Gasteiger partial charge in [0.05, 0.1) is 30.2 Å². The fourth-order valence-corrected chi connectivity index (χ4v) is 5.84. The van der Waals surface area contributed by atoms with E-state index in [0.29, 0.717) is 18.2 Å². The number of benzene rings is 3. The van der Waals surface area contributed by atoms with E-state index < -0.39 is 10.0 Å². The number of hydrogen-bond acceptors (Lipinski definition) is 4. The number of hydrogen-bond donors (Lipinski definition) is 1. The van der Waals surface area contributed by atoms with Crippen LogP contribution in [0.4, 0.5) is 0 Å². The molecule has 1 heterocycles. The molecule has 5 rings (SSSR count). The summed E-state index contributed by atoms with van der Waals surface area (Å²) >= 11 is 5.94. The Kier molecular flexibility index (Phi) is 4.84. The highest BCUT2D eigenvalue weighted by atomic mass is 35.5. The zero-order chi connectivity index (χ0) is 20.0. The Labute approximate surface area is 175 Å². The van der Waals surface area contributed by atoms with Gasteiger partial charge in [0.1, 0.15) is 0 Å². The van der Waals surface area contributed by atoms with Crippen LogP contribution < -0.4 is 4.72 Å². The highest BCUT2D eigenvalue weighted by Gasteiger charge is 2.40. The lowest BCUT2D eigenvalue weighted by Gasteiger charge is -2.36. The molecule has 0 saturated carbocycles. The van der Waals surface area contributed by atoms with Crippen molar-refractivity contribution in [2.24, 2.45) is 0 Å². The van der Waals surface area contributed by atoms with Gasteiger partial charge >= 0.3 is 0 Å². The van der Waals surface area contributed by atoms with Crippen LogP contribution in [-0.2, 0) is 14.8 Å². The van der Waals surface area contributed by atoms with Gasteiger partial charge in [0.2, 0.25) is 10.0 Å². The van der Waals surface area contributed by atoms with Crippen LogP contribution in [-0.4, -0.2) is 39.6 Å². The number of morpholine rings is 1. The summed E-state index contributed by atoms with van der Waals surface area (Å²) in [6, 6.07) is 18.2. The molecule has 7 heteroatoms. The highest BCUT2D eigenvalue weighted by Crippen LogP contribution is 2.47. The monoisotopic (exact) mass is 428 g/mol. The van der Waals surface area contributed by atoms with Crippen molar-refractivity contribution in [3.63, 3.8) is 0 Å². The van der Waals surface area contributed by atoms with Crippen molar-refractivity contribution in [3.05, 3.63) is 76.8 Å². The summed E-state index contributed by atoms with van der Waals surface area (Å²) in [5.74, 6) is 0. The first-order chi connectivity index (χ1) is 14.0. The van der Waals surface area contributed by atoms with Crippen LogP contribution in [0.15, 0.2) is 65.6 Å². The van der Waals surface area contributed by atoms with Crippen LogP contribution in [0.3, 0.4) is 0 Å². The summed E-state index contributed by atoms with van der Waals surface area (Å²) in [5.41, 5.74) is 2.19. The maximum Gasteiger partial charge on any atom is 0.241 e. The van der Waals surface area contributed by atoms with Crippen LogP contribution >= 0.6 is 11.6 Å². The van der Waals surface area contributed by atoms with Gasteiger partial charge in [0.15, 0.2) is 0 Å². The molecule has 150 valence electrons. The molecule has 0 amide bonds. The van der Waals surface area contributed by atoms with Gasteiger partial charge in [0, 0.05) is 18.1 Å². The largest absolute Gasteiger partial charge is 0.379 e. The molecule has 29 heavy (non-hydrogen) atoms. The lowest BCUT2D eigenvalue weighted by Crippen LogP contribution is -2.44. The topological polar surface area (TPSA) is 58.6 Å². The van der Waals surface area contributed by atoms with E-state index in [4.69, 9.17) is 16.3 Å². The maximum absolute atomic E-state index is 13.2. The molecular formula is C22H21ClN2O3S. The first kappa shape index (κ1) is 19.0. The fourth-order valence-electron chi connectivity index (χ4n) is 4.50. The summed E-state index contributed by atoms with van der Waals surface area (Å²) in [7, 11) is -3.71. The van der Waals surface area contributed by atoms with Crippen molar-refractivity contribution in [1.82, 2.24) is 9.62 Å². The molecule has 1 N–H and O–H groups in total. The van der Waals surface area contributed by atoms with Gasteiger partial charge in [-0.1, -0.05) is 48.0 Å². The third-order valence-corrected chi connectivity index (χ3v) is 7.49. The average Bonchev–Trinajstić information content (AvgIpc) is 3.04. The molecule has 5 nitrogen and oxygen atoms in total. The number of halogens is 1. The molecular weight excluding hydrogens is 408 g/mol. The minimum Gasteiger partial charge on any atom is -0.379 e. The molecule has 2 atom stereocenters. The summed E-state index contributed by atoms with van der Waals surface area (Å²) < 4.78 is 34.9. The van der Waals surface area contributed by atoms with Crippen LogP contribution in [0, 0.1) is 0 Å². The number of ether oxygens (including phenoxy) is 1. The Balaban J connectivity index is 1.60. The summed E-state index contributed by atoms with van der Waals surface area (Å²) in [6.45, 7) is 2.85. The van der Waals surface area contributed by atoms with Gasteiger partial charge in [-0.3, -0.25) is 4.90 Å². The maximum atomic E-state index is 13.2. The molecule has 0 spiro atoms. The van der Waals surface area contributed by atoms with Crippen molar-refractivity contribution < 1.29 is 13.2 Å². The molecule has 1 saturated heterocycles. The molecule has 1 fully saturated rings. The van der Waals surface area contributed by atoms with Crippen molar-refractivity contribution in [1.29, 1.82) is 0 Å². The second kappa shape index (κ2) is 7.38. The number of rotatable bonds is 4. The quantitative estimate of drug-likeness (QED) is 0.684. The zero-order valence-electron chi connectivity index (χ0n) is 15.7. The normalized spacial score (nSPS) is 22.2. The predicted molar refractivity (Wildman–Crippen MR) is 114 cm³/mol. The van der Waals surface area contributed by atoms with E-state index >= 15 is 0 Å². The molecule has 2 aliphatic rings. The number of nitrogens with zero attached hydrogens (tertiary/aromatic N) is 1. The summed E-state index contributed by atoms with van der Waals surface area (Å²) in [5, 5.41) is 2.79. The molecule has 0 bridgehead atoms. The third kappa shape index (κ3) is 3.35. The van der Waals surface area contributed by atoms with E-state index in [2.05, 4.69) is 27.8 Å². The molecule has 1 aliphatic carbocycles. The lowest BCUT2D eigenvalue weighted by molar-refractivity contribution is 0.0106. The van der Waals surface area contributed by atoms with Crippen molar-refractivity contribution in [2.75, 3.05) is 26.3 Å². The Morgan fingerprint density at radius 2 is 1.59 bits per heavy atom. The molecule has 0 unspecified atom stereocenters. The van der Waals surface area contributed by atoms with E-state index in [-0.39, 0.29) is 17.0 Å². The van der Waals surface area contributed by atoms with Gasteiger partial charge in [-0.2, -0.15) is 0 Å². The van der Waals surface area contributed by atoms with E-state index in [1.165, 1.54) is 17.7 Å². The second-order valence-corrected chi connectivity index (χ2v) is 9.59. The van der Waals surface area contributed by atoms with E-state index in [9.17, 15) is 8.42 Å². The smallest absolute Gasteiger partial charge is 0.241 e. The van der Waals surface area contributed by atoms with E-state index in [0.717, 1.165) is 29.4 Å². The zero-order valence-corrected chi connectivity index (χ0v) is 17.3. The molecule has 1 aliphatic heterocycles. The van der Waals surface area contributed by atoms with Crippen molar-refractivity contribution in [3.8, 4) is 0 Å². The van der Waals surface area contributed by atoms with Crippen LogP contribution in [0.5, 0.6) is 0 Å². The van der Waals surface area contributed by atoms with Crippen LogP contribution in [0.25, 0.3) is 10.8 Å². The Hall–Kier alpha value is -1.96. The highest BCUT2D eigenvalue weighted by molar-refractivity contribution is 7.89. The third-order valence-electron chi connectivity index (χ3n) is 5.78. The van der Waals surface area contributed by atoms with Gasteiger partial charge in [-0.25, -0.2) is 13.1 Å². The van der Waals surface area contributed by atoms with Crippen LogP contribution in [0.2, 0.25) is 5.02 Å². The summed E-state index contributed by atoms with van der Waals surface area (Å²) in [4.78, 5) is 2.54. The van der Waals surface area contributed by atoms with Crippen molar-refractivity contribution >= 4 is 32.4 Å². The van der Waals surface area contributed by atoms with Gasteiger partial charge < -0.3 is 4.74 Å². The van der Waals surface area contributed by atoms with E-state index in [1.807, 2.05) is 18.2 Å². The first-order valence-electron chi connectivity index (χ1n) is 9.66. The molecule has 3 aromatic rings. The second-order valence-electron chi connectivity index (χ2n) is 7.44. The Bertz CT molecular complexity index is 1150. The molecule has 3 aromatic carbocycles. The van der Waals surface area contributed by atoms with Crippen molar-refractivity contribution in [2.45, 2.75) is 17.0 Å². The standard InChI is InChI=1S/C22H21ClN2O3S/c23-16-7-9-17(10-8-16)29(26,27)24-21-18-5-1-3-15-4-2-6-19(20(15)18)22(21)25-11-13-28-14-12-25/h1-10,21-22,24H,11-14H2/t21-,22+/m0/s1. The fraction of sp³-hybridized carbons (Fsp3) is 0.273.